The van der Waals surface area contributed by atoms with Crippen LogP contribution in [0, 0.1) is 13.8 Å². The lowest BCUT2D eigenvalue weighted by Crippen LogP contribution is -2.12. The molecule has 0 bridgehead atoms. The first kappa shape index (κ1) is 20.3. The van der Waals surface area contributed by atoms with Crippen molar-refractivity contribution in [3.05, 3.63) is 106 Å². The van der Waals surface area contributed by atoms with E-state index in [0.29, 0.717) is 17.0 Å². The Morgan fingerprint density at radius 1 is 0.938 bits per heavy atom. The minimum Gasteiger partial charge on any atom is -0.309 e. The van der Waals surface area contributed by atoms with E-state index < -0.39 is 0 Å². The van der Waals surface area contributed by atoms with Gasteiger partial charge in [0.1, 0.15) is 5.82 Å². The molecule has 0 aliphatic rings. The van der Waals surface area contributed by atoms with Crippen LogP contribution in [-0.2, 0) is 5.75 Å². The van der Waals surface area contributed by atoms with E-state index >= 15 is 0 Å². The number of nitrogens with zero attached hydrogens (tertiary/aromatic N) is 3. The van der Waals surface area contributed by atoms with Crippen LogP contribution in [0.5, 0.6) is 0 Å². The second kappa shape index (κ2) is 8.48. The van der Waals surface area contributed by atoms with E-state index in [1.807, 2.05) is 43.5 Å². The third-order valence-electron chi connectivity index (χ3n) is 5.42. The number of para-hydroxylation sites is 1. The average Bonchev–Trinajstić information content (AvgIpc) is 3.23. The molecule has 5 nitrogen and oxygen atoms in total. The summed E-state index contributed by atoms with van der Waals surface area (Å²) in [5.41, 5.74) is 6.00. The van der Waals surface area contributed by atoms with Crippen molar-refractivity contribution < 1.29 is 0 Å². The third-order valence-corrected chi connectivity index (χ3v) is 6.38. The summed E-state index contributed by atoms with van der Waals surface area (Å²) in [7, 11) is 0. The van der Waals surface area contributed by atoms with E-state index in [-0.39, 0.29) is 5.56 Å². The number of hydrogen-bond donors (Lipinski definition) is 1. The highest BCUT2D eigenvalue weighted by atomic mass is 32.2. The lowest BCUT2D eigenvalue weighted by Gasteiger charge is -2.12. The first-order valence-corrected chi connectivity index (χ1v) is 11.4. The fourth-order valence-corrected chi connectivity index (χ4v) is 4.61. The number of fused-ring (bicyclic) bond motifs is 1. The molecule has 2 heterocycles. The van der Waals surface area contributed by atoms with Crippen LogP contribution < -0.4 is 5.56 Å². The zero-order valence-corrected chi connectivity index (χ0v) is 18.7. The predicted molar refractivity (Wildman–Crippen MR) is 130 cm³/mol. The maximum Gasteiger partial charge on any atom is 0.258 e. The molecule has 0 radical (unpaired) electrons. The highest BCUT2D eigenvalue weighted by Gasteiger charge is 2.15. The SMILES string of the molecule is Cc1ccc(-n2c(-c3ccccc3)cnc2SCc2nc3c(C)cccc3c(=O)[nH]2)cc1. The number of aromatic nitrogens is 4. The predicted octanol–water partition coefficient (Wildman–Crippen LogP) is 5.68. The van der Waals surface area contributed by atoms with Crippen molar-refractivity contribution >= 4 is 22.7 Å². The molecule has 0 unspecified atom stereocenters. The van der Waals surface area contributed by atoms with Gasteiger partial charge in [-0.15, -0.1) is 0 Å². The van der Waals surface area contributed by atoms with E-state index in [0.717, 1.165) is 33.2 Å². The summed E-state index contributed by atoms with van der Waals surface area (Å²) in [6.45, 7) is 4.05. The van der Waals surface area contributed by atoms with E-state index in [9.17, 15) is 4.79 Å². The summed E-state index contributed by atoms with van der Waals surface area (Å²) in [5.74, 6) is 1.15. The Morgan fingerprint density at radius 2 is 1.72 bits per heavy atom. The second-order valence-electron chi connectivity index (χ2n) is 7.74. The Morgan fingerprint density at radius 3 is 2.50 bits per heavy atom. The number of nitrogens with one attached hydrogen (secondary N) is 1. The maximum absolute atomic E-state index is 12.5. The second-order valence-corrected chi connectivity index (χ2v) is 8.68. The van der Waals surface area contributed by atoms with Crippen LogP contribution in [0.25, 0.3) is 27.8 Å². The smallest absolute Gasteiger partial charge is 0.258 e. The Labute approximate surface area is 190 Å². The van der Waals surface area contributed by atoms with Gasteiger partial charge in [0.15, 0.2) is 5.16 Å². The Hall–Kier alpha value is -3.64. The Bertz CT molecular complexity index is 1450. The normalized spacial score (nSPS) is 11.2. The summed E-state index contributed by atoms with van der Waals surface area (Å²) in [6, 6.07) is 24.3. The zero-order valence-electron chi connectivity index (χ0n) is 17.9. The molecule has 5 rings (SSSR count). The van der Waals surface area contributed by atoms with Crippen LogP contribution in [0.15, 0.2) is 88.9 Å². The van der Waals surface area contributed by atoms with Gasteiger partial charge in [-0.3, -0.25) is 9.36 Å². The van der Waals surface area contributed by atoms with Gasteiger partial charge < -0.3 is 4.98 Å². The lowest BCUT2D eigenvalue weighted by molar-refractivity contribution is 0.896. The van der Waals surface area contributed by atoms with Crippen LogP contribution in [0.1, 0.15) is 17.0 Å². The van der Waals surface area contributed by atoms with Gasteiger partial charge in [-0.25, -0.2) is 9.97 Å². The van der Waals surface area contributed by atoms with Gasteiger partial charge in [-0.2, -0.15) is 0 Å². The number of thioether (sulfide) groups is 1. The van der Waals surface area contributed by atoms with Crippen molar-refractivity contribution in [1.82, 2.24) is 19.5 Å². The molecule has 32 heavy (non-hydrogen) atoms. The number of benzene rings is 3. The summed E-state index contributed by atoms with van der Waals surface area (Å²) >= 11 is 1.56. The number of aromatic amines is 1. The molecule has 0 amide bonds. The molecule has 158 valence electrons. The Kier molecular flexibility index (Phi) is 5.37. The quantitative estimate of drug-likeness (QED) is 0.358. The highest BCUT2D eigenvalue weighted by molar-refractivity contribution is 7.98. The molecule has 0 aliphatic carbocycles. The number of hydrogen-bond acceptors (Lipinski definition) is 4. The van der Waals surface area contributed by atoms with Gasteiger partial charge in [0.2, 0.25) is 0 Å². The minimum absolute atomic E-state index is 0.110. The van der Waals surface area contributed by atoms with Crippen LogP contribution in [0.3, 0.4) is 0 Å². The molecule has 0 spiro atoms. The van der Waals surface area contributed by atoms with Crippen molar-refractivity contribution in [2.24, 2.45) is 0 Å². The Balaban J connectivity index is 1.54. The van der Waals surface area contributed by atoms with Crippen LogP contribution in [0.4, 0.5) is 0 Å². The van der Waals surface area contributed by atoms with E-state index in [1.54, 1.807) is 17.8 Å². The standard InChI is InChI=1S/C26H22N4OS/c1-17-11-13-20(14-12-17)30-22(19-8-4-3-5-9-19)15-27-26(30)32-16-23-28-24-18(2)7-6-10-21(24)25(31)29-23/h3-15H,16H2,1-2H3,(H,28,29,31). The number of aryl methyl sites for hydroxylation is 2. The van der Waals surface area contributed by atoms with Gasteiger partial charge in [0.25, 0.3) is 5.56 Å². The number of imidazole rings is 1. The lowest BCUT2D eigenvalue weighted by atomic mass is 10.1. The van der Waals surface area contributed by atoms with Gasteiger partial charge in [-0.1, -0.05) is 71.9 Å². The molecule has 6 heteroatoms. The fraction of sp³-hybridized carbons (Fsp3) is 0.115. The molecule has 1 N–H and O–H groups in total. The van der Waals surface area contributed by atoms with E-state index in [1.165, 1.54) is 5.56 Å². The van der Waals surface area contributed by atoms with Crippen molar-refractivity contribution in [2.75, 3.05) is 0 Å². The van der Waals surface area contributed by atoms with Gasteiger partial charge in [-0.05, 0) is 37.6 Å². The molecule has 0 atom stereocenters. The van der Waals surface area contributed by atoms with Crippen molar-refractivity contribution in [3.63, 3.8) is 0 Å². The molecule has 3 aromatic carbocycles. The van der Waals surface area contributed by atoms with E-state index in [4.69, 9.17) is 9.97 Å². The van der Waals surface area contributed by atoms with Gasteiger partial charge in [0.05, 0.1) is 28.5 Å². The number of H-pyrrole nitrogens is 1. The topological polar surface area (TPSA) is 63.6 Å². The molecule has 2 aromatic heterocycles. The summed E-state index contributed by atoms with van der Waals surface area (Å²) in [6.07, 6.45) is 1.90. The maximum atomic E-state index is 12.5. The first-order valence-electron chi connectivity index (χ1n) is 10.4. The van der Waals surface area contributed by atoms with Crippen LogP contribution >= 0.6 is 11.8 Å². The van der Waals surface area contributed by atoms with Gasteiger partial charge in [0, 0.05) is 11.3 Å². The molecule has 0 aliphatic heterocycles. The summed E-state index contributed by atoms with van der Waals surface area (Å²) in [5, 5.41) is 1.46. The van der Waals surface area contributed by atoms with Crippen molar-refractivity contribution in [1.29, 1.82) is 0 Å². The zero-order chi connectivity index (χ0) is 22.1. The average molecular weight is 439 g/mol. The third kappa shape index (κ3) is 3.85. The van der Waals surface area contributed by atoms with Crippen LogP contribution in [0.2, 0.25) is 0 Å². The summed E-state index contributed by atoms with van der Waals surface area (Å²) < 4.78 is 2.16. The minimum atomic E-state index is -0.110. The van der Waals surface area contributed by atoms with Gasteiger partial charge >= 0.3 is 0 Å². The van der Waals surface area contributed by atoms with E-state index in [2.05, 4.69) is 52.9 Å². The fourth-order valence-electron chi connectivity index (χ4n) is 3.75. The highest BCUT2D eigenvalue weighted by Crippen LogP contribution is 2.31. The molecule has 0 fully saturated rings. The largest absolute Gasteiger partial charge is 0.309 e. The number of rotatable bonds is 5. The molecular formula is C26H22N4OS. The van der Waals surface area contributed by atoms with Crippen molar-refractivity contribution in [2.45, 2.75) is 24.8 Å². The molecular weight excluding hydrogens is 416 g/mol. The first-order chi connectivity index (χ1) is 15.6. The molecule has 0 saturated heterocycles. The monoisotopic (exact) mass is 438 g/mol. The van der Waals surface area contributed by atoms with Crippen LogP contribution in [-0.4, -0.2) is 19.5 Å². The van der Waals surface area contributed by atoms with Crippen molar-refractivity contribution in [3.8, 4) is 16.9 Å². The molecule has 0 saturated carbocycles. The molecule has 5 aromatic rings. The summed E-state index contributed by atoms with van der Waals surface area (Å²) in [4.78, 5) is 24.9.